The minimum Gasteiger partial charge on any atom is -0.409 e. The highest BCUT2D eigenvalue weighted by atomic mass is 16.4. The van der Waals surface area contributed by atoms with Gasteiger partial charge in [0.25, 0.3) is 0 Å². The van der Waals surface area contributed by atoms with Crippen molar-refractivity contribution in [3.05, 3.63) is 35.4 Å². The van der Waals surface area contributed by atoms with Gasteiger partial charge in [0.2, 0.25) is 0 Å². The predicted molar refractivity (Wildman–Crippen MR) is 71.5 cm³/mol. The van der Waals surface area contributed by atoms with Crippen molar-refractivity contribution < 1.29 is 10.3 Å². The predicted octanol–water partition coefficient (Wildman–Crippen LogP) is 0.888. The molecule has 0 saturated heterocycles. The molecule has 0 saturated carbocycles. The molecule has 0 fully saturated rings. The number of amidine groups is 1. The Balaban J connectivity index is 2.79. The van der Waals surface area contributed by atoms with E-state index in [9.17, 15) is 5.11 Å². The molecule has 0 aliphatic heterocycles. The fraction of sp³-hybridized carbons (Fsp3) is 0.462. The Hall–Kier alpha value is -1.59. The van der Waals surface area contributed by atoms with Crippen molar-refractivity contribution in [3.8, 4) is 0 Å². The number of nitrogens with one attached hydrogen (secondary N) is 1. The number of hydrogen-bond donors (Lipinski definition) is 4. The van der Waals surface area contributed by atoms with Gasteiger partial charge in [-0.3, -0.25) is 0 Å². The van der Waals surface area contributed by atoms with Crippen LogP contribution in [0.25, 0.3) is 0 Å². The van der Waals surface area contributed by atoms with Crippen LogP contribution in [-0.4, -0.2) is 28.8 Å². The Labute approximate surface area is 107 Å². The van der Waals surface area contributed by atoms with Gasteiger partial charge in [0.05, 0.1) is 6.61 Å². The molecule has 100 valence electrons. The molecular formula is C13H21N3O2. The van der Waals surface area contributed by atoms with E-state index < -0.39 is 0 Å². The zero-order valence-corrected chi connectivity index (χ0v) is 10.8. The minimum atomic E-state index is 0.0327. The molecule has 5 N–H and O–H groups in total. The van der Waals surface area contributed by atoms with E-state index in [1.807, 2.05) is 32.0 Å². The van der Waals surface area contributed by atoms with E-state index in [0.29, 0.717) is 18.0 Å². The van der Waals surface area contributed by atoms with E-state index in [0.717, 1.165) is 5.56 Å². The summed E-state index contributed by atoms with van der Waals surface area (Å²) >= 11 is 0. The van der Waals surface area contributed by atoms with Crippen LogP contribution < -0.4 is 11.1 Å². The number of benzene rings is 1. The molecule has 0 aromatic heterocycles. The molecule has 0 heterocycles. The lowest BCUT2D eigenvalue weighted by Crippen LogP contribution is -2.37. The monoisotopic (exact) mass is 251 g/mol. The second-order valence-corrected chi connectivity index (χ2v) is 4.56. The molecule has 0 aliphatic carbocycles. The maximum atomic E-state index is 9.25. The van der Waals surface area contributed by atoms with Gasteiger partial charge >= 0.3 is 0 Å². The van der Waals surface area contributed by atoms with E-state index in [1.54, 1.807) is 6.07 Å². The fourth-order valence-electron chi connectivity index (χ4n) is 1.73. The summed E-state index contributed by atoms with van der Waals surface area (Å²) in [6.45, 7) is 4.74. The Kier molecular flexibility index (Phi) is 5.61. The molecule has 1 aromatic carbocycles. The second-order valence-electron chi connectivity index (χ2n) is 4.56. The van der Waals surface area contributed by atoms with E-state index in [1.165, 1.54) is 0 Å². The molecule has 1 rings (SSSR count). The molecule has 0 aliphatic rings. The zero-order valence-electron chi connectivity index (χ0n) is 10.8. The van der Waals surface area contributed by atoms with Gasteiger partial charge in [-0.15, -0.1) is 0 Å². The number of aliphatic hydroxyl groups is 1. The van der Waals surface area contributed by atoms with Crippen LogP contribution in [0, 0.1) is 5.92 Å². The average Bonchev–Trinajstić information content (AvgIpc) is 2.38. The van der Waals surface area contributed by atoms with Crippen molar-refractivity contribution in [1.29, 1.82) is 0 Å². The number of nitrogens with two attached hydrogens (primary N) is 1. The third-order valence-electron chi connectivity index (χ3n) is 2.96. The third-order valence-corrected chi connectivity index (χ3v) is 2.96. The Morgan fingerprint density at radius 3 is 2.61 bits per heavy atom. The van der Waals surface area contributed by atoms with Crippen LogP contribution in [0.2, 0.25) is 0 Å². The van der Waals surface area contributed by atoms with Gasteiger partial charge < -0.3 is 21.4 Å². The Bertz CT molecular complexity index is 405. The van der Waals surface area contributed by atoms with Crippen LogP contribution in [0.5, 0.6) is 0 Å². The van der Waals surface area contributed by atoms with Crippen LogP contribution in [-0.2, 0) is 6.54 Å². The first-order chi connectivity index (χ1) is 8.60. The van der Waals surface area contributed by atoms with Gasteiger partial charge in [0.1, 0.15) is 0 Å². The smallest absolute Gasteiger partial charge is 0.170 e. The fourth-order valence-corrected chi connectivity index (χ4v) is 1.73. The molecule has 5 nitrogen and oxygen atoms in total. The van der Waals surface area contributed by atoms with Crippen molar-refractivity contribution in [2.45, 2.75) is 26.4 Å². The summed E-state index contributed by atoms with van der Waals surface area (Å²) in [6, 6.07) is 7.48. The van der Waals surface area contributed by atoms with Gasteiger partial charge in [-0.25, -0.2) is 0 Å². The average molecular weight is 251 g/mol. The zero-order chi connectivity index (χ0) is 13.5. The van der Waals surface area contributed by atoms with Crippen molar-refractivity contribution >= 4 is 5.84 Å². The first kappa shape index (κ1) is 14.5. The lowest BCUT2D eigenvalue weighted by atomic mass is 10.0. The van der Waals surface area contributed by atoms with Crippen LogP contribution in [0.4, 0.5) is 0 Å². The van der Waals surface area contributed by atoms with Gasteiger partial charge in [-0.1, -0.05) is 43.3 Å². The standard InChI is InChI=1S/C13H21N3O2/c1-9(2)12(8-17)15-7-10-5-3-4-6-11(10)13(14)16-18/h3-6,9,12,15,17-18H,7-8H2,1-2H3,(H2,14,16)/t12-/m1/s1. The molecule has 0 radical (unpaired) electrons. The number of hydrogen-bond acceptors (Lipinski definition) is 4. The van der Waals surface area contributed by atoms with Crippen LogP contribution in [0.3, 0.4) is 0 Å². The van der Waals surface area contributed by atoms with E-state index in [-0.39, 0.29) is 18.5 Å². The molecule has 18 heavy (non-hydrogen) atoms. The highest BCUT2D eigenvalue weighted by Gasteiger charge is 2.12. The Morgan fingerprint density at radius 2 is 2.06 bits per heavy atom. The minimum absolute atomic E-state index is 0.0327. The first-order valence-corrected chi connectivity index (χ1v) is 6.00. The number of rotatable bonds is 6. The number of nitrogens with zero attached hydrogens (tertiary/aromatic N) is 1. The number of aliphatic hydroxyl groups excluding tert-OH is 1. The maximum absolute atomic E-state index is 9.25. The van der Waals surface area contributed by atoms with Gasteiger partial charge in [0.15, 0.2) is 5.84 Å². The van der Waals surface area contributed by atoms with Gasteiger partial charge in [0, 0.05) is 18.2 Å². The molecular weight excluding hydrogens is 230 g/mol. The van der Waals surface area contributed by atoms with E-state index >= 15 is 0 Å². The molecule has 0 bridgehead atoms. The normalized spacial score (nSPS) is 13.9. The largest absolute Gasteiger partial charge is 0.409 e. The first-order valence-electron chi connectivity index (χ1n) is 6.00. The molecule has 0 unspecified atom stereocenters. The SMILES string of the molecule is CC(C)[C@@H](CO)NCc1ccccc1C(N)=NO. The van der Waals surface area contributed by atoms with Crippen LogP contribution >= 0.6 is 0 Å². The second kappa shape index (κ2) is 6.98. The van der Waals surface area contributed by atoms with Gasteiger partial charge in [-0.2, -0.15) is 0 Å². The Morgan fingerprint density at radius 1 is 1.39 bits per heavy atom. The quantitative estimate of drug-likeness (QED) is 0.261. The molecule has 5 heteroatoms. The molecule has 0 amide bonds. The molecule has 0 spiro atoms. The topological polar surface area (TPSA) is 90.9 Å². The van der Waals surface area contributed by atoms with Crippen LogP contribution in [0.1, 0.15) is 25.0 Å². The lowest BCUT2D eigenvalue weighted by Gasteiger charge is -2.20. The van der Waals surface area contributed by atoms with Crippen molar-refractivity contribution in [2.75, 3.05) is 6.61 Å². The number of oxime groups is 1. The molecule has 1 atom stereocenters. The summed E-state index contributed by atoms with van der Waals surface area (Å²) in [6.07, 6.45) is 0. The third kappa shape index (κ3) is 3.72. The van der Waals surface area contributed by atoms with E-state index in [4.69, 9.17) is 10.9 Å². The summed E-state index contributed by atoms with van der Waals surface area (Å²) in [5.41, 5.74) is 7.26. The summed E-state index contributed by atoms with van der Waals surface area (Å²) in [4.78, 5) is 0. The maximum Gasteiger partial charge on any atom is 0.170 e. The highest BCUT2D eigenvalue weighted by Crippen LogP contribution is 2.10. The van der Waals surface area contributed by atoms with Crippen LogP contribution in [0.15, 0.2) is 29.4 Å². The molecule has 1 aromatic rings. The van der Waals surface area contributed by atoms with Crippen molar-refractivity contribution in [1.82, 2.24) is 5.32 Å². The highest BCUT2D eigenvalue weighted by molar-refractivity contribution is 5.98. The summed E-state index contributed by atoms with van der Waals surface area (Å²) in [5.74, 6) is 0.434. The van der Waals surface area contributed by atoms with Gasteiger partial charge in [-0.05, 0) is 11.5 Å². The summed E-state index contributed by atoms with van der Waals surface area (Å²) < 4.78 is 0. The van der Waals surface area contributed by atoms with Crippen molar-refractivity contribution in [3.63, 3.8) is 0 Å². The summed E-state index contributed by atoms with van der Waals surface area (Å²) in [5, 5.41) is 24.3. The van der Waals surface area contributed by atoms with E-state index in [2.05, 4.69) is 10.5 Å². The van der Waals surface area contributed by atoms with Crippen molar-refractivity contribution in [2.24, 2.45) is 16.8 Å². The summed E-state index contributed by atoms with van der Waals surface area (Å²) in [7, 11) is 0. The lowest BCUT2D eigenvalue weighted by molar-refractivity contribution is 0.210.